The maximum atomic E-state index is 11.7. The number of allylic oxidation sites excluding steroid dienone is 1. The van der Waals surface area contributed by atoms with E-state index in [0.29, 0.717) is 0 Å². The fourth-order valence-corrected chi connectivity index (χ4v) is 1.69. The van der Waals surface area contributed by atoms with Crippen molar-refractivity contribution in [2.45, 2.75) is 52.2 Å². The van der Waals surface area contributed by atoms with Crippen molar-refractivity contribution in [2.24, 2.45) is 5.41 Å². The molecule has 0 aliphatic heterocycles. The summed E-state index contributed by atoms with van der Waals surface area (Å²) in [4.78, 5) is 0. The van der Waals surface area contributed by atoms with E-state index in [9.17, 15) is 4.21 Å². The normalized spacial score (nSPS) is 15.2. The molecular formula is C13H22OS. The Kier molecular flexibility index (Phi) is 5.31. The summed E-state index contributed by atoms with van der Waals surface area (Å²) in [6.45, 7) is 10.2. The van der Waals surface area contributed by atoms with Crippen LogP contribution in [0.5, 0.6) is 0 Å². The average Bonchev–Trinajstić information content (AvgIpc) is 2.01. The molecule has 0 heterocycles. The lowest BCUT2D eigenvalue weighted by molar-refractivity contribution is 0.383. The van der Waals surface area contributed by atoms with Gasteiger partial charge in [0.2, 0.25) is 0 Å². The third kappa shape index (κ3) is 6.52. The van der Waals surface area contributed by atoms with Crippen LogP contribution in [0.25, 0.3) is 0 Å². The van der Waals surface area contributed by atoms with Crippen LogP contribution >= 0.6 is 0 Å². The number of rotatable bonds is 4. The van der Waals surface area contributed by atoms with E-state index in [2.05, 4.69) is 19.8 Å². The summed E-state index contributed by atoms with van der Waals surface area (Å²) in [6.07, 6.45) is 8.89. The van der Waals surface area contributed by atoms with Crippen molar-refractivity contribution in [1.29, 1.82) is 0 Å². The van der Waals surface area contributed by atoms with Gasteiger partial charge in [-0.1, -0.05) is 19.9 Å². The van der Waals surface area contributed by atoms with Crippen molar-refractivity contribution < 1.29 is 4.21 Å². The third-order valence-electron chi connectivity index (χ3n) is 2.07. The second-order valence-corrected chi connectivity index (χ2v) is 7.62. The first-order valence-electron chi connectivity index (χ1n) is 5.20. The Morgan fingerprint density at radius 1 is 1.27 bits per heavy atom. The van der Waals surface area contributed by atoms with Gasteiger partial charge in [-0.25, -0.2) is 0 Å². The van der Waals surface area contributed by atoms with Crippen molar-refractivity contribution in [3.05, 3.63) is 11.5 Å². The highest BCUT2D eigenvalue weighted by molar-refractivity contribution is 7.89. The van der Waals surface area contributed by atoms with Crippen molar-refractivity contribution in [3.8, 4) is 12.3 Å². The Balaban J connectivity index is 4.23. The standard InChI is InChI=1S/C13H22OS/c1-7-9-13(5,6)10-8-11-15(14)12(2,3)4/h1,8,11H,9-10H2,2-6H3/b11-8+/t15-/m0/s1. The maximum Gasteiger partial charge on any atom is 0.0506 e. The lowest BCUT2D eigenvalue weighted by Crippen LogP contribution is -2.19. The molecule has 0 unspecified atom stereocenters. The highest BCUT2D eigenvalue weighted by Gasteiger charge is 2.18. The topological polar surface area (TPSA) is 17.1 Å². The van der Waals surface area contributed by atoms with Gasteiger partial charge in [-0.2, -0.15) is 0 Å². The Morgan fingerprint density at radius 2 is 1.80 bits per heavy atom. The van der Waals surface area contributed by atoms with Gasteiger partial charge in [0.25, 0.3) is 0 Å². The molecule has 0 rings (SSSR count). The van der Waals surface area contributed by atoms with Crippen LogP contribution in [0.4, 0.5) is 0 Å². The number of hydrogen-bond acceptors (Lipinski definition) is 1. The molecule has 1 nitrogen and oxygen atoms in total. The second-order valence-electron chi connectivity index (χ2n) is 5.53. The molecule has 0 saturated heterocycles. The molecule has 1 atom stereocenters. The van der Waals surface area contributed by atoms with E-state index >= 15 is 0 Å². The van der Waals surface area contributed by atoms with Crippen LogP contribution in [0.15, 0.2) is 11.5 Å². The summed E-state index contributed by atoms with van der Waals surface area (Å²) in [5.74, 6) is 2.67. The molecule has 0 aliphatic carbocycles. The monoisotopic (exact) mass is 226 g/mol. The molecule has 15 heavy (non-hydrogen) atoms. The van der Waals surface area contributed by atoms with Gasteiger partial charge in [-0.3, -0.25) is 4.21 Å². The fraction of sp³-hybridized carbons (Fsp3) is 0.692. The molecule has 0 aliphatic rings. The van der Waals surface area contributed by atoms with E-state index in [4.69, 9.17) is 6.42 Å². The van der Waals surface area contributed by atoms with Crippen LogP contribution in [0.3, 0.4) is 0 Å². The van der Waals surface area contributed by atoms with E-state index < -0.39 is 10.8 Å². The molecule has 0 spiro atoms. The third-order valence-corrected chi connectivity index (χ3v) is 3.72. The molecule has 0 saturated carbocycles. The molecule has 0 radical (unpaired) electrons. The van der Waals surface area contributed by atoms with Gasteiger partial charge in [0.1, 0.15) is 0 Å². The van der Waals surface area contributed by atoms with Crippen LogP contribution < -0.4 is 0 Å². The molecule has 86 valence electrons. The zero-order chi connectivity index (χ0) is 12.1. The predicted octanol–water partition coefficient (Wildman–Crippen LogP) is 3.49. The smallest absolute Gasteiger partial charge is 0.0506 e. The van der Waals surface area contributed by atoms with Crippen LogP contribution in [0.2, 0.25) is 0 Å². The Morgan fingerprint density at radius 3 is 2.20 bits per heavy atom. The largest absolute Gasteiger partial charge is 0.254 e. The summed E-state index contributed by atoms with van der Waals surface area (Å²) in [5, 5.41) is 1.79. The van der Waals surface area contributed by atoms with E-state index in [-0.39, 0.29) is 10.2 Å². The van der Waals surface area contributed by atoms with Gasteiger partial charge >= 0.3 is 0 Å². The highest BCUT2D eigenvalue weighted by Crippen LogP contribution is 2.25. The van der Waals surface area contributed by atoms with Gasteiger partial charge in [0, 0.05) is 11.2 Å². The SMILES string of the molecule is C#CCC(C)(C)C/C=C/[S@](=O)C(C)(C)C. The van der Waals surface area contributed by atoms with Crippen LogP contribution in [-0.2, 0) is 10.8 Å². The lowest BCUT2D eigenvalue weighted by atomic mass is 9.86. The van der Waals surface area contributed by atoms with Gasteiger partial charge in [-0.15, -0.1) is 12.3 Å². The van der Waals surface area contributed by atoms with Gasteiger partial charge in [0.05, 0.1) is 10.8 Å². The Labute approximate surface area is 96.8 Å². The molecule has 0 fully saturated rings. The minimum absolute atomic E-state index is 0.104. The summed E-state index contributed by atoms with van der Waals surface area (Å²) < 4.78 is 11.5. The van der Waals surface area contributed by atoms with Crippen molar-refractivity contribution in [1.82, 2.24) is 0 Å². The van der Waals surface area contributed by atoms with Crippen molar-refractivity contribution in [2.75, 3.05) is 0 Å². The highest BCUT2D eigenvalue weighted by atomic mass is 32.2. The molecule has 0 aromatic carbocycles. The van der Waals surface area contributed by atoms with E-state index in [1.165, 1.54) is 0 Å². The van der Waals surface area contributed by atoms with Gasteiger partial charge in [-0.05, 0) is 38.0 Å². The minimum Gasteiger partial charge on any atom is -0.254 e. The zero-order valence-electron chi connectivity index (χ0n) is 10.5. The molecule has 0 N–H and O–H groups in total. The summed E-state index contributed by atoms with van der Waals surface area (Å²) in [6, 6.07) is 0. The van der Waals surface area contributed by atoms with Crippen LogP contribution in [0.1, 0.15) is 47.5 Å². The first kappa shape index (κ1) is 14.5. The Bertz CT molecular complexity index is 287. The average molecular weight is 226 g/mol. The van der Waals surface area contributed by atoms with Gasteiger partial charge in [0.15, 0.2) is 0 Å². The van der Waals surface area contributed by atoms with E-state index in [1.54, 1.807) is 5.41 Å². The molecule has 0 aromatic heterocycles. The number of hydrogen-bond donors (Lipinski definition) is 0. The first-order valence-corrected chi connectivity index (χ1v) is 6.41. The fourth-order valence-electron chi connectivity index (χ4n) is 1.01. The maximum absolute atomic E-state index is 11.7. The minimum atomic E-state index is -0.908. The van der Waals surface area contributed by atoms with Crippen molar-refractivity contribution in [3.63, 3.8) is 0 Å². The molecule has 0 bridgehead atoms. The lowest BCUT2D eigenvalue weighted by Gasteiger charge is -2.20. The second kappa shape index (κ2) is 5.51. The zero-order valence-corrected chi connectivity index (χ0v) is 11.3. The molecule has 0 aromatic rings. The van der Waals surface area contributed by atoms with E-state index in [0.717, 1.165) is 12.8 Å². The summed E-state index contributed by atoms with van der Waals surface area (Å²) >= 11 is 0. The number of terminal acetylenes is 1. The Hall–Kier alpha value is -0.550. The van der Waals surface area contributed by atoms with Crippen LogP contribution in [-0.4, -0.2) is 8.96 Å². The molecular weight excluding hydrogens is 204 g/mol. The summed E-state index contributed by atoms with van der Waals surface area (Å²) in [7, 11) is -0.908. The summed E-state index contributed by atoms with van der Waals surface area (Å²) in [5.41, 5.74) is 0.104. The predicted molar refractivity (Wildman–Crippen MR) is 68.9 cm³/mol. The van der Waals surface area contributed by atoms with Gasteiger partial charge < -0.3 is 0 Å². The quantitative estimate of drug-likeness (QED) is 0.671. The van der Waals surface area contributed by atoms with Crippen molar-refractivity contribution >= 4 is 10.8 Å². The van der Waals surface area contributed by atoms with E-state index in [1.807, 2.05) is 26.8 Å². The van der Waals surface area contributed by atoms with Crippen LogP contribution in [0, 0.1) is 17.8 Å². The molecule has 0 amide bonds. The molecule has 2 heteroatoms. The first-order chi connectivity index (χ1) is 6.69.